The summed E-state index contributed by atoms with van der Waals surface area (Å²) in [5, 5.41) is 12.6. The number of ether oxygens (including phenoxy) is 1. The van der Waals surface area contributed by atoms with Crippen LogP contribution >= 0.6 is 0 Å². The number of carboxylic acids is 1. The molecule has 0 spiro atoms. The first kappa shape index (κ1) is 12.3. The van der Waals surface area contributed by atoms with E-state index in [9.17, 15) is 4.79 Å². The van der Waals surface area contributed by atoms with Crippen LogP contribution in [-0.4, -0.2) is 34.9 Å². The van der Waals surface area contributed by atoms with Crippen molar-refractivity contribution < 1.29 is 19.2 Å². The minimum atomic E-state index is -0.965. The Morgan fingerprint density at radius 2 is 2.11 bits per heavy atom. The number of hydrogen-bond acceptors (Lipinski definition) is 5. The molecule has 0 saturated carbocycles. The van der Waals surface area contributed by atoms with Crippen LogP contribution in [-0.2, 0) is 11.2 Å². The number of benzene rings is 1. The third-order valence-corrected chi connectivity index (χ3v) is 2.38. The van der Waals surface area contributed by atoms with Gasteiger partial charge in [0.2, 0.25) is 0 Å². The second-order valence-corrected chi connectivity index (χ2v) is 3.64. The first-order valence-corrected chi connectivity index (χ1v) is 5.36. The molecule has 6 nitrogen and oxygen atoms in total. The molecule has 1 N–H and O–H groups in total. The summed E-state index contributed by atoms with van der Waals surface area (Å²) >= 11 is 0. The van der Waals surface area contributed by atoms with Crippen molar-refractivity contribution in [3.63, 3.8) is 0 Å². The number of nitrogens with zero attached hydrogens (tertiary/aromatic N) is 2. The van der Waals surface area contributed by atoms with Crippen LogP contribution in [0.25, 0.3) is 11.5 Å². The lowest BCUT2D eigenvalue weighted by Crippen LogP contribution is -1.96. The highest BCUT2D eigenvalue weighted by molar-refractivity contribution is 5.88. The Bertz CT molecular complexity index is 533. The minimum absolute atomic E-state index is 0.220. The van der Waals surface area contributed by atoms with E-state index < -0.39 is 5.97 Å². The molecule has 0 aliphatic heterocycles. The fourth-order valence-electron chi connectivity index (χ4n) is 1.42. The molecule has 1 aromatic carbocycles. The largest absolute Gasteiger partial charge is 0.478 e. The molecule has 6 heteroatoms. The van der Waals surface area contributed by atoms with Crippen LogP contribution in [0.2, 0.25) is 0 Å². The lowest BCUT2D eigenvalue weighted by molar-refractivity contribution is 0.0697. The standard InChI is InChI=1S/C12H12N2O4/c1-17-7-6-10-13-11(18-14-10)8-2-4-9(5-3-8)12(15)16/h2-5H,6-7H2,1H3,(H,15,16). The van der Waals surface area contributed by atoms with Crippen molar-refractivity contribution in [1.82, 2.24) is 10.1 Å². The van der Waals surface area contributed by atoms with Gasteiger partial charge in [-0.2, -0.15) is 4.98 Å². The zero-order valence-corrected chi connectivity index (χ0v) is 9.79. The van der Waals surface area contributed by atoms with Gasteiger partial charge >= 0.3 is 5.97 Å². The quantitative estimate of drug-likeness (QED) is 0.865. The van der Waals surface area contributed by atoms with Crippen molar-refractivity contribution in [3.8, 4) is 11.5 Å². The molecule has 1 heterocycles. The summed E-state index contributed by atoms with van der Waals surface area (Å²) < 4.78 is 10.00. The summed E-state index contributed by atoms with van der Waals surface area (Å²) in [4.78, 5) is 14.9. The van der Waals surface area contributed by atoms with Gasteiger partial charge in [0.15, 0.2) is 5.82 Å². The van der Waals surface area contributed by atoms with Crippen molar-refractivity contribution in [1.29, 1.82) is 0 Å². The third-order valence-electron chi connectivity index (χ3n) is 2.38. The highest BCUT2D eigenvalue weighted by Crippen LogP contribution is 2.17. The van der Waals surface area contributed by atoms with Gasteiger partial charge in [-0.15, -0.1) is 0 Å². The number of methoxy groups -OCH3 is 1. The zero-order valence-electron chi connectivity index (χ0n) is 9.79. The molecule has 0 aliphatic carbocycles. The van der Waals surface area contributed by atoms with Crippen LogP contribution in [0.3, 0.4) is 0 Å². The highest BCUT2D eigenvalue weighted by Gasteiger charge is 2.09. The van der Waals surface area contributed by atoms with Gasteiger partial charge in [0.1, 0.15) is 0 Å². The van der Waals surface area contributed by atoms with E-state index in [1.165, 1.54) is 12.1 Å². The highest BCUT2D eigenvalue weighted by atomic mass is 16.5. The smallest absolute Gasteiger partial charge is 0.335 e. The molecule has 2 aromatic rings. The van der Waals surface area contributed by atoms with E-state index in [1.807, 2.05) is 0 Å². The summed E-state index contributed by atoms with van der Waals surface area (Å²) in [5.41, 5.74) is 0.911. The Hall–Kier alpha value is -2.21. The van der Waals surface area contributed by atoms with Crippen LogP contribution in [0.4, 0.5) is 0 Å². The summed E-state index contributed by atoms with van der Waals surface area (Å²) in [6, 6.07) is 6.27. The van der Waals surface area contributed by atoms with Gasteiger partial charge in [-0.05, 0) is 24.3 Å². The fraction of sp³-hybridized carbons (Fsp3) is 0.250. The van der Waals surface area contributed by atoms with Crippen LogP contribution in [0.5, 0.6) is 0 Å². The van der Waals surface area contributed by atoms with E-state index in [0.717, 1.165) is 0 Å². The van der Waals surface area contributed by atoms with Gasteiger partial charge < -0.3 is 14.4 Å². The van der Waals surface area contributed by atoms with Gasteiger partial charge in [0.25, 0.3) is 5.89 Å². The van der Waals surface area contributed by atoms with E-state index in [-0.39, 0.29) is 5.56 Å². The molecule has 0 atom stereocenters. The van der Waals surface area contributed by atoms with Crippen LogP contribution < -0.4 is 0 Å². The topological polar surface area (TPSA) is 85.5 Å². The molecular formula is C12H12N2O4. The molecule has 0 saturated heterocycles. The number of hydrogen-bond donors (Lipinski definition) is 1. The van der Waals surface area contributed by atoms with Crippen LogP contribution in [0.15, 0.2) is 28.8 Å². The van der Waals surface area contributed by atoms with Gasteiger partial charge in [-0.3, -0.25) is 0 Å². The molecule has 18 heavy (non-hydrogen) atoms. The maximum atomic E-state index is 10.7. The monoisotopic (exact) mass is 248 g/mol. The van der Waals surface area contributed by atoms with Gasteiger partial charge in [0, 0.05) is 19.1 Å². The zero-order chi connectivity index (χ0) is 13.0. The van der Waals surface area contributed by atoms with E-state index in [0.29, 0.717) is 30.3 Å². The van der Waals surface area contributed by atoms with Crippen molar-refractivity contribution >= 4 is 5.97 Å². The molecule has 0 aliphatic rings. The van der Waals surface area contributed by atoms with E-state index >= 15 is 0 Å². The Balaban J connectivity index is 2.15. The molecule has 0 radical (unpaired) electrons. The Morgan fingerprint density at radius 1 is 1.39 bits per heavy atom. The lowest BCUT2D eigenvalue weighted by Gasteiger charge is -1.95. The minimum Gasteiger partial charge on any atom is -0.478 e. The maximum Gasteiger partial charge on any atom is 0.335 e. The maximum absolute atomic E-state index is 10.7. The van der Waals surface area contributed by atoms with Gasteiger partial charge in [0.05, 0.1) is 12.2 Å². The summed E-state index contributed by atoms with van der Waals surface area (Å²) in [6.07, 6.45) is 0.577. The SMILES string of the molecule is COCCc1noc(-c2ccc(C(=O)O)cc2)n1. The fourth-order valence-corrected chi connectivity index (χ4v) is 1.42. The molecule has 2 rings (SSSR count). The molecule has 0 amide bonds. The number of aromatic nitrogens is 2. The van der Waals surface area contributed by atoms with Crippen molar-refractivity contribution in [2.45, 2.75) is 6.42 Å². The number of rotatable bonds is 5. The average molecular weight is 248 g/mol. The van der Waals surface area contributed by atoms with Crippen LogP contribution in [0, 0.1) is 0 Å². The second-order valence-electron chi connectivity index (χ2n) is 3.64. The second kappa shape index (κ2) is 5.42. The average Bonchev–Trinajstić information content (AvgIpc) is 2.85. The van der Waals surface area contributed by atoms with E-state index in [1.54, 1.807) is 19.2 Å². The van der Waals surface area contributed by atoms with E-state index in [2.05, 4.69) is 10.1 Å². The molecular weight excluding hydrogens is 236 g/mol. The summed E-state index contributed by atoms with van der Waals surface area (Å²) in [7, 11) is 1.60. The number of carbonyl (C=O) groups is 1. The van der Waals surface area contributed by atoms with Crippen molar-refractivity contribution in [2.75, 3.05) is 13.7 Å². The van der Waals surface area contributed by atoms with Crippen molar-refractivity contribution in [2.24, 2.45) is 0 Å². The molecule has 94 valence electrons. The lowest BCUT2D eigenvalue weighted by atomic mass is 10.1. The molecule has 1 aromatic heterocycles. The first-order chi connectivity index (χ1) is 8.70. The number of carboxylic acid groups (broad SMARTS) is 1. The predicted molar refractivity (Wildman–Crippen MR) is 62.3 cm³/mol. The number of aromatic carboxylic acids is 1. The summed E-state index contributed by atoms with van der Waals surface area (Å²) in [6.45, 7) is 0.525. The Kier molecular flexibility index (Phi) is 3.69. The Morgan fingerprint density at radius 3 is 2.72 bits per heavy atom. The van der Waals surface area contributed by atoms with E-state index in [4.69, 9.17) is 14.4 Å². The third kappa shape index (κ3) is 2.72. The molecule has 0 fully saturated rings. The van der Waals surface area contributed by atoms with Gasteiger partial charge in [-0.25, -0.2) is 4.79 Å². The normalized spacial score (nSPS) is 10.5. The molecule has 0 unspecified atom stereocenters. The Labute approximate surface area is 103 Å². The first-order valence-electron chi connectivity index (χ1n) is 5.36. The summed E-state index contributed by atoms with van der Waals surface area (Å²) in [5.74, 6) is -0.0277. The predicted octanol–water partition coefficient (Wildman–Crippen LogP) is 1.62. The van der Waals surface area contributed by atoms with Crippen molar-refractivity contribution in [3.05, 3.63) is 35.7 Å². The van der Waals surface area contributed by atoms with Crippen LogP contribution in [0.1, 0.15) is 16.2 Å². The molecule has 0 bridgehead atoms. The van der Waals surface area contributed by atoms with Gasteiger partial charge in [-0.1, -0.05) is 5.16 Å².